The number of carbonyl (C=O) groups excluding carboxylic acids is 1. The second kappa shape index (κ2) is 12.0. The number of benzene rings is 2. The summed E-state index contributed by atoms with van der Waals surface area (Å²) in [5.74, 6) is -0.371. The fraction of sp³-hybridized carbons (Fsp3) is 0.520. The molecule has 1 heterocycles. The van der Waals surface area contributed by atoms with Gasteiger partial charge in [-0.1, -0.05) is 23.9 Å². The number of rotatable bonds is 13. The van der Waals surface area contributed by atoms with E-state index in [0.29, 0.717) is 13.0 Å². The second-order valence-electron chi connectivity index (χ2n) is 9.46. The maximum absolute atomic E-state index is 11.6. The van der Waals surface area contributed by atoms with Crippen molar-refractivity contribution in [3.63, 3.8) is 0 Å². The summed E-state index contributed by atoms with van der Waals surface area (Å²) in [6.07, 6.45) is 4.21. The minimum atomic E-state index is -4.29. The average molecular weight is 539 g/mol. The summed E-state index contributed by atoms with van der Waals surface area (Å²) in [5, 5.41) is 17.1. The van der Waals surface area contributed by atoms with Gasteiger partial charge in [0.1, 0.15) is 6.54 Å². The van der Waals surface area contributed by atoms with E-state index in [1.54, 1.807) is 7.05 Å². The molecule has 1 aliphatic rings. The van der Waals surface area contributed by atoms with Gasteiger partial charge >= 0.3 is 0 Å². The minimum absolute atomic E-state index is 0.0373. The fourth-order valence-electron chi connectivity index (χ4n) is 5.17. The quantitative estimate of drug-likeness (QED) is 0.0947. The molecular formula is C25H34N2O7S2. The molecule has 0 radical (unpaired) electrons. The lowest BCUT2D eigenvalue weighted by molar-refractivity contribution is -0.438. The standard InChI is InChI=1S/C25H34N2O7S2/c1-17-15-20-19(22(16-17)35-34-33-29)10-11-21-24(20)25(3,12-7-5-6-9-23(28)26-4)18(2)27(21)13-8-14-36(30,31)32/h10-11,15-16H,5-9,12-14H2,1-4H3,(H2-,26,28,29,30,31,32). The van der Waals surface area contributed by atoms with Crippen LogP contribution in [0.3, 0.4) is 0 Å². The van der Waals surface area contributed by atoms with E-state index in [1.165, 1.54) is 0 Å². The summed E-state index contributed by atoms with van der Waals surface area (Å²) in [5.41, 5.74) is 3.93. The van der Waals surface area contributed by atoms with Gasteiger partial charge in [0.25, 0.3) is 0 Å². The summed E-state index contributed by atoms with van der Waals surface area (Å²) in [6.45, 7) is 6.68. The van der Waals surface area contributed by atoms with E-state index in [1.807, 2.05) is 25.1 Å². The maximum Gasteiger partial charge on any atom is 0.219 e. The molecule has 0 aliphatic carbocycles. The van der Waals surface area contributed by atoms with Gasteiger partial charge in [-0.3, -0.25) is 4.79 Å². The Morgan fingerprint density at radius 1 is 1.17 bits per heavy atom. The molecule has 0 aromatic heterocycles. The van der Waals surface area contributed by atoms with Crippen LogP contribution in [0.25, 0.3) is 10.8 Å². The lowest BCUT2D eigenvalue weighted by Crippen LogP contribution is -2.31. The Labute approximate surface area is 216 Å². The zero-order valence-electron chi connectivity index (χ0n) is 21.1. The van der Waals surface area contributed by atoms with Crippen molar-refractivity contribution < 1.29 is 37.0 Å². The number of unbranched alkanes of at least 4 members (excludes halogenated alkanes) is 2. The first-order valence-corrected chi connectivity index (χ1v) is 14.3. The van der Waals surface area contributed by atoms with Crippen molar-refractivity contribution in [3.8, 4) is 0 Å². The zero-order chi connectivity index (χ0) is 26.5. The van der Waals surface area contributed by atoms with Gasteiger partial charge in [0.15, 0.2) is 5.71 Å². The van der Waals surface area contributed by atoms with Gasteiger partial charge in [-0.05, 0) is 55.2 Å². The molecule has 0 fully saturated rings. The van der Waals surface area contributed by atoms with Crippen LogP contribution in [0.2, 0.25) is 0 Å². The van der Waals surface area contributed by atoms with E-state index in [0.717, 1.165) is 75.9 Å². The second-order valence-corrected chi connectivity index (χ2v) is 11.7. The number of nitrogens with one attached hydrogen (secondary N) is 1. The lowest BCUT2D eigenvalue weighted by Gasteiger charge is -2.24. The Hall–Kier alpha value is -2.02. The zero-order valence-corrected chi connectivity index (χ0v) is 22.8. The Kier molecular flexibility index (Phi) is 9.53. The highest BCUT2D eigenvalue weighted by atomic mass is 32.2. The van der Waals surface area contributed by atoms with E-state index in [4.69, 9.17) is 9.59 Å². The summed E-state index contributed by atoms with van der Waals surface area (Å²) in [7, 11) is -2.65. The van der Waals surface area contributed by atoms with Crippen molar-refractivity contribution in [2.45, 2.75) is 69.6 Å². The average Bonchev–Trinajstić information content (AvgIpc) is 3.03. The number of fused-ring (bicyclic) bond motifs is 3. The van der Waals surface area contributed by atoms with Crippen LogP contribution in [0.1, 0.15) is 63.5 Å². The molecule has 198 valence electrons. The fourth-order valence-corrected chi connectivity index (χ4v) is 6.26. The normalized spacial score (nSPS) is 17.6. The van der Waals surface area contributed by atoms with E-state index in [-0.39, 0.29) is 17.7 Å². The van der Waals surface area contributed by atoms with Gasteiger partial charge in [0, 0.05) is 49.1 Å². The van der Waals surface area contributed by atoms with Crippen LogP contribution in [-0.2, 0) is 29.7 Å². The molecular weight excluding hydrogens is 504 g/mol. The van der Waals surface area contributed by atoms with Crippen LogP contribution < -0.4 is 5.32 Å². The molecule has 2 aromatic carbocycles. The summed E-state index contributed by atoms with van der Waals surface area (Å²) in [4.78, 5) is 12.4. The van der Waals surface area contributed by atoms with Crippen LogP contribution in [-0.4, -0.2) is 53.8 Å². The summed E-state index contributed by atoms with van der Waals surface area (Å²) >= 11 is 0.925. The Morgan fingerprint density at radius 3 is 2.58 bits per heavy atom. The number of aryl methyl sites for hydroxylation is 1. The van der Waals surface area contributed by atoms with Gasteiger partial charge in [0.2, 0.25) is 11.6 Å². The number of carbonyl (C=O) groups is 1. The first-order valence-electron chi connectivity index (χ1n) is 12.0. The first-order chi connectivity index (χ1) is 17.0. The molecule has 11 heteroatoms. The van der Waals surface area contributed by atoms with Gasteiger partial charge in [0.05, 0.1) is 27.6 Å². The van der Waals surface area contributed by atoms with Gasteiger partial charge < -0.3 is 9.87 Å². The Balaban J connectivity index is 2.02. The highest BCUT2D eigenvalue weighted by molar-refractivity contribution is 7.94. The predicted octanol–water partition coefficient (Wildman–Crippen LogP) is 4.58. The molecule has 0 spiro atoms. The Bertz CT molecular complexity index is 1260. The molecule has 1 amide bonds. The predicted molar refractivity (Wildman–Crippen MR) is 138 cm³/mol. The largest absolute Gasteiger partial charge is 0.748 e. The van der Waals surface area contributed by atoms with Crippen molar-refractivity contribution in [1.29, 1.82) is 0 Å². The van der Waals surface area contributed by atoms with Crippen LogP contribution in [0.4, 0.5) is 5.69 Å². The summed E-state index contributed by atoms with van der Waals surface area (Å²) in [6, 6.07) is 8.08. The molecule has 0 saturated heterocycles. The van der Waals surface area contributed by atoms with Gasteiger partial charge in [-0.15, -0.1) is 4.33 Å². The number of hydrogen-bond acceptors (Lipinski definition) is 8. The highest BCUT2D eigenvalue weighted by Crippen LogP contribution is 2.48. The summed E-state index contributed by atoms with van der Waals surface area (Å²) < 4.78 is 40.5. The molecule has 1 aliphatic heterocycles. The first kappa shape index (κ1) is 28.5. The Morgan fingerprint density at radius 2 is 1.92 bits per heavy atom. The van der Waals surface area contributed by atoms with E-state index >= 15 is 0 Å². The highest BCUT2D eigenvalue weighted by Gasteiger charge is 2.47. The molecule has 9 nitrogen and oxygen atoms in total. The van der Waals surface area contributed by atoms with Gasteiger partial charge in [-0.25, -0.2) is 13.7 Å². The van der Waals surface area contributed by atoms with Crippen LogP contribution in [0.15, 0.2) is 29.2 Å². The molecule has 2 N–H and O–H groups in total. The van der Waals surface area contributed by atoms with Crippen molar-refractivity contribution in [1.82, 2.24) is 5.32 Å². The molecule has 1 unspecified atom stereocenters. The third-order valence-corrected chi connectivity index (χ3v) is 8.49. The minimum Gasteiger partial charge on any atom is -0.748 e. The van der Waals surface area contributed by atoms with Crippen LogP contribution in [0, 0.1) is 6.92 Å². The monoisotopic (exact) mass is 538 g/mol. The molecule has 0 saturated carbocycles. The smallest absolute Gasteiger partial charge is 0.219 e. The maximum atomic E-state index is 11.6. The third-order valence-electron chi connectivity index (χ3n) is 7.06. The topological polar surface area (TPSA) is 128 Å². The number of amides is 1. The molecule has 2 aromatic rings. The van der Waals surface area contributed by atoms with E-state index < -0.39 is 15.9 Å². The third kappa shape index (κ3) is 6.45. The number of hydrogen-bond donors (Lipinski definition) is 2. The van der Waals surface area contributed by atoms with E-state index in [2.05, 4.69) is 34.8 Å². The molecule has 36 heavy (non-hydrogen) atoms. The van der Waals surface area contributed by atoms with Crippen LogP contribution in [0.5, 0.6) is 0 Å². The van der Waals surface area contributed by atoms with Crippen molar-refractivity contribution in [3.05, 3.63) is 35.4 Å². The molecule has 1 atom stereocenters. The van der Waals surface area contributed by atoms with Gasteiger partial charge in [-0.2, -0.15) is 4.58 Å². The van der Waals surface area contributed by atoms with E-state index in [9.17, 15) is 17.8 Å². The van der Waals surface area contributed by atoms with Crippen molar-refractivity contribution >= 4 is 50.2 Å². The van der Waals surface area contributed by atoms with Crippen molar-refractivity contribution in [2.75, 3.05) is 19.3 Å². The number of nitrogens with zero attached hydrogens (tertiary/aromatic N) is 1. The molecule has 3 rings (SSSR count). The lowest BCUT2D eigenvalue weighted by atomic mass is 9.74. The van der Waals surface area contributed by atoms with Crippen LogP contribution >= 0.6 is 12.0 Å². The van der Waals surface area contributed by atoms with Crippen molar-refractivity contribution in [2.24, 2.45) is 0 Å². The SMILES string of the molecule is CNC(=O)CCCCCC1(C)C(C)=[N+](CCCS(=O)(=O)[O-])c2ccc3c(SOOO)cc(C)cc3c21. The molecule has 0 bridgehead atoms.